The SMILES string of the molecule is COc1nccc(C(F)(F)F)c1N1CCC(N2C(=O)N(Cc3ccccc3C(F)(F)F)c3nn(C)cc3C2C)CC1. The highest BCUT2D eigenvalue weighted by molar-refractivity contribution is 5.94. The maximum atomic E-state index is 13.9. The van der Waals surface area contributed by atoms with Crippen LogP contribution in [0.25, 0.3) is 0 Å². The summed E-state index contributed by atoms with van der Waals surface area (Å²) >= 11 is 0. The number of aryl methyl sites for hydroxylation is 1. The molecule has 1 atom stereocenters. The summed E-state index contributed by atoms with van der Waals surface area (Å²) in [5.41, 5.74) is -1.25. The van der Waals surface area contributed by atoms with Crippen molar-refractivity contribution in [2.75, 3.05) is 30.0 Å². The van der Waals surface area contributed by atoms with E-state index in [1.165, 1.54) is 34.9 Å². The number of carbonyl (C=O) groups excluding carboxylic acids is 1. The van der Waals surface area contributed by atoms with E-state index in [-0.39, 0.29) is 48.6 Å². The van der Waals surface area contributed by atoms with Crippen LogP contribution < -0.4 is 14.5 Å². The molecule has 0 N–H and O–H groups in total. The molecule has 41 heavy (non-hydrogen) atoms. The van der Waals surface area contributed by atoms with Crippen molar-refractivity contribution in [3.63, 3.8) is 0 Å². The number of urea groups is 1. The molecule has 220 valence electrons. The van der Waals surface area contributed by atoms with Crippen LogP contribution >= 0.6 is 0 Å². The van der Waals surface area contributed by atoms with Crippen LogP contribution in [0.15, 0.2) is 42.7 Å². The quantitative estimate of drug-likeness (QED) is 0.344. The number of alkyl halides is 6. The lowest BCUT2D eigenvalue weighted by atomic mass is 9.97. The summed E-state index contributed by atoms with van der Waals surface area (Å²) in [5.74, 6) is 0.140. The number of halogens is 6. The molecule has 2 aliphatic rings. The second-order valence-electron chi connectivity index (χ2n) is 10.1. The fourth-order valence-electron chi connectivity index (χ4n) is 5.75. The molecule has 0 bridgehead atoms. The number of ether oxygens (including phenoxy) is 1. The Kier molecular flexibility index (Phi) is 7.28. The van der Waals surface area contributed by atoms with Crippen LogP contribution in [0.4, 0.5) is 42.6 Å². The summed E-state index contributed by atoms with van der Waals surface area (Å²) in [6, 6.07) is 4.65. The maximum absolute atomic E-state index is 13.9. The highest BCUT2D eigenvalue weighted by atomic mass is 19.4. The average Bonchev–Trinajstić information content (AvgIpc) is 3.32. The van der Waals surface area contributed by atoms with E-state index in [4.69, 9.17) is 4.74 Å². The molecule has 3 aromatic rings. The predicted octanol–water partition coefficient (Wildman–Crippen LogP) is 6.03. The maximum Gasteiger partial charge on any atom is 0.418 e. The summed E-state index contributed by atoms with van der Waals surface area (Å²) in [6.07, 6.45) is -5.80. The van der Waals surface area contributed by atoms with Crippen molar-refractivity contribution in [3.05, 3.63) is 65.0 Å². The molecule has 2 aliphatic heterocycles. The average molecular weight is 583 g/mol. The number of aromatic nitrogens is 3. The molecule has 0 radical (unpaired) electrons. The van der Waals surface area contributed by atoms with Crippen molar-refractivity contribution in [3.8, 4) is 5.88 Å². The van der Waals surface area contributed by atoms with Gasteiger partial charge >= 0.3 is 18.4 Å². The van der Waals surface area contributed by atoms with E-state index >= 15 is 0 Å². The Labute approximate surface area is 232 Å². The Balaban J connectivity index is 1.43. The van der Waals surface area contributed by atoms with Gasteiger partial charge in [-0.05, 0) is 37.5 Å². The van der Waals surface area contributed by atoms with Gasteiger partial charge in [-0.25, -0.2) is 9.78 Å². The van der Waals surface area contributed by atoms with Crippen LogP contribution in [0.1, 0.15) is 48.1 Å². The van der Waals surface area contributed by atoms with Gasteiger partial charge in [0.2, 0.25) is 5.88 Å². The number of fused-ring (bicyclic) bond motifs is 1. The Morgan fingerprint density at radius 2 is 1.66 bits per heavy atom. The number of piperidine rings is 1. The molecule has 1 saturated heterocycles. The largest absolute Gasteiger partial charge is 0.480 e. The zero-order valence-corrected chi connectivity index (χ0v) is 22.5. The second-order valence-corrected chi connectivity index (χ2v) is 10.1. The predicted molar refractivity (Wildman–Crippen MR) is 138 cm³/mol. The van der Waals surface area contributed by atoms with Crippen LogP contribution in [-0.2, 0) is 25.9 Å². The first-order valence-corrected chi connectivity index (χ1v) is 12.9. The highest BCUT2D eigenvalue weighted by Crippen LogP contribution is 2.44. The fraction of sp³-hybridized carbons (Fsp3) is 0.444. The molecule has 1 aromatic carbocycles. The van der Waals surface area contributed by atoms with Gasteiger partial charge in [0.05, 0.1) is 30.8 Å². The van der Waals surface area contributed by atoms with Crippen molar-refractivity contribution < 1.29 is 35.9 Å². The normalized spacial score (nSPS) is 18.6. The van der Waals surface area contributed by atoms with E-state index in [1.807, 2.05) is 6.92 Å². The van der Waals surface area contributed by atoms with Gasteiger partial charge in [0.25, 0.3) is 0 Å². The lowest BCUT2D eigenvalue weighted by molar-refractivity contribution is -0.138. The minimum atomic E-state index is -4.62. The number of hydrogen-bond donors (Lipinski definition) is 0. The van der Waals surface area contributed by atoms with E-state index in [1.54, 1.807) is 23.0 Å². The number of methoxy groups -OCH3 is 1. The van der Waals surface area contributed by atoms with E-state index in [0.29, 0.717) is 18.4 Å². The van der Waals surface area contributed by atoms with Gasteiger partial charge in [-0.15, -0.1) is 0 Å². The van der Waals surface area contributed by atoms with Crippen molar-refractivity contribution in [2.45, 2.75) is 50.7 Å². The molecule has 2 amide bonds. The standard InChI is InChI=1S/C27H28F6N6O2/c1-16-19-15-36(2)35-23(19)38(14-17-6-4-5-7-20(17)26(28,29)30)25(40)39(16)18-9-12-37(13-10-18)22-21(27(31,32)33)8-11-34-24(22)41-3/h4-8,11,15-16,18H,9-10,12-14H2,1-3H3. The second kappa shape index (κ2) is 10.5. The van der Waals surface area contributed by atoms with Gasteiger partial charge < -0.3 is 14.5 Å². The van der Waals surface area contributed by atoms with Gasteiger partial charge in [0, 0.05) is 44.1 Å². The Morgan fingerprint density at radius 1 is 1.00 bits per heavy atom. The molecular weight excluding hydrogens is 554 g/mol. The number of amides is 2. The lowest BCUT2D eigenvalue weighted by Gasteiger charge is -2.46. The molecule has 2 aromatic heterocycles. The van der Waals surface area contributed by atoms with Gasteiger partial charge in [-0.2, -0.15) is 31.4 Å². The van der Waals surface area contributed by atoms with Crippen LogP contribution in [0.2, 0.25) is 0 Å². The summed E-state index contributed by atoms with van der Waals surface area (Å²) in [4.78, 5) is 22.3. The molecule has 0 saturated carbocycles. The molecule has 4 heterocycles. The summed E-state index contributed by atoms with van der Waals surface area (Å²) in [7, 11) is 2.92. The number of nitrogens with zero attached hydrogens (tertiary/aromatic N) is 6. The molecule has 0 spiro atoms. The first kappa shape index (κ1) is 28.6. The summed E-state index contributed by atoms with van der Waals surface area (Å²) in [5, 5.41) is 4.38. The Bertz CT molecular complexity index is 1430. The van der Waals surface area contributed by atoms with Crippen molar-refractivity contribution in [1.82, 2.24) is 19.7 Å². The van der Waals surface area contributed by atoms with Gasteiger partial charge in [-0.1, -0.05) is 18.2 Å². The van der Waals surface area contributed by atoms with Crippen LogP contribution in [-0.4, -0.2) is 51.9 Å². The summed E-state index contributed by atoms with van der Waals surface area (Å²) < 4.78 is 89.3. The molecule has 5 rings (SSSR count). The van der Waals surface area contributed by atoms with E-state index in [2.05, 4.69) is 10.1 Å². The van der Waals surface area contributed by atoms with Crippen molar-refractivity contribution >= 4 is 17.5 Å². The smallest absolute Gasteiger partial charge is 0.418 e. The molecular formula is C27H28F6N6O2. The van der Waals surface area contributed by atoms with Crippen molar-refractivity contribution in [2.24, 2.45) is 7.05 Å². The fourth-order valence-corrected chi connectivity index (χ4v) is 5.75. The van der Waals surface area contributed by atoms with Crippen LogP contribution in [0, 0.1) is 0 Å². The topological polar surface area (TPSA) is 66.7 Å². The van der Waals surface area contributed by atoms with E-state index < -0.39 is 35.6 Å². The first-order chi connectivity index (χ1) is 19.3. The minimum absolute atomic E-state index is 0.0716. The number of hydrogen-bond acceptors (Lipinski definition) is 5. The number of carbonyl (C=O) groups is 1. The summed E-state index contributed by atoms with van der Waals surface area (Å²) in [6.45, 7) is 1.84. The van der Waals surface area contributed by atoms with Crippen LogP contribution in [0.3, 0.4) is 0 Å². The zero-order chi connectivity index (χ0) is 29.7. The van der Waals surface area contributed by atoms with Crippen LogP contribution in [0.5, 0.6) is 5.88 Å². The molecule has 0 aliphatic carbocycles. The van der Waals surface area contributed by atoms with E-state index in [0.717, 1.165) is 18.3 Å². The van der Waals surface area contributed by atoms with Gasteiger partial charge in [-0.3, -0.25) is 9.58 Å². The molecule has 1 unspecified atom stereocenters. The third-order valence-electron chi connectivity index (χ3n) is 7.63. The Hall–Kier alpha value is -3.97. The molecule has 1 fully saturated rings. The third kappa shape index (κ3) is 5.26. The van der Waals surface area contributed by atoms with Crippen molar-refractivity contribution in [1.29, 1.82) is 0 Å². The molecule has 14 heteroatoms. The minimum Gasteiger partial charge on any atom is -0.480 e. The highest BCUT2D eigenvalue weighted by Gasteiger charge is 2.44. The lowest BCUT2D eigenvalue weighted by Crippen LogP contribution is -2.55. The number of rotatable bonds is 5. The van der Waals surface area contributed by atoms with Gasteiger partial charge in [0.1, 0.15) is 5.69 Å². The molecule has 8 nitrogen and oxygen atoms in total. The first-order valence-electron chi connectivity index (χ1n) is 12.9. The van der Waals surface area contributed by atoms with Gasteiger partial charge in [0.15, 0.2) is 5.82 Å². The number of anilines is 2. The zero-order valence-electron chi connectivity index (χ0n) is 22.5. The monoisotopic (exact) mass is 582 g/mol. The number of benzene rings is 1. The van der Waals surface area contributed by atoms with E-state index in [9.17, 15) is 31.1 Å². The number of pyridine rings is 1. The Morgan fingerprint density at radius 3 is 2.29 bits per heavy atom. The third-order valence-corrected chi connectivity index (χ3v) is 7.63.